The van der Waals surface area contributed by atoms with E-state index in [1.165, 1.54) is 36.4 Å². The molecule has 4 N–H and O–H groups in total. The minimum Gasteiger partial charge on any atom is -0.384 e. The lowest BCUT2D eigenvalue weighted by Gasteiger charge is -2.19. The molecule has 0 fully saturated rings. The molecule has 1 heterocycles. The Labute approximate surface area is 201 Å². The molecule has 0 radical (unpaired) electrons. The van der Waals surface area contributed by atoms with Crippen LogP contribution in [0.5, 0.6) is 0 Å². The fourth-order valence-electron chi connectivity index (χ4n) is 3.10. The van der Waals surface area contributed by atoms with Gasteiger partial charge in [0.2, 0.25) is 5.91 Å². The molecule has 1 aromatic heterocycles. The van der Waals surface area contributed by atoms with Crippen LogP contribution in [0.3, 0.4) is 0 Å². The third kappa shape index (κ3) is 6.76. The minimum absolute atomic E-state index is 0. The molecule has 0 saturated carbocycles. The molecule has 2 aromatic carbocycles. The van der Waals surface area contributed by atoms with E-state index in [4.69, 9.17) is 17.3 Å². The van der Waals surface area contributed by atoms with E-state index in [1.807, 2.05) is 0 Å². The molecule has 5 nitrogen and oxygen atoms in total. The third-order valence-corrected chi connectivity index (χ3v) is 5.27. The first-order chi connectivity index (χ1) is 15.2. The van der Waals surface area contributed by atoms with Crippen molar-refractivity contribution in [3.05, 3.63) is 87.8 Å². The molecule has 0 aliphatic carbocycles. The van der Waals surface area contributed by atoms with E-state index in [9.17, 15) is 18.0 Å². The number of alkyl halides is 2. The summed E-state index contributed by atoms with van der Waals surface area (Å²) in [7, 11) is 0. The van der Waals surface area contributed by atoms with Crippen molar-refractivity contribution in [1.82, 2.24) is 10.3 Å². The zero-order valence-corrected chi connectivity index (χ0v) is 19.2. The second-order valence-corrected chi connectivity index (χ2v) is 7.65. The first-order valence-electron chi connectivity index (χ1n) is 9.80. The van der Waals surface area contributed by atoms with Crippen LogP contribution in [0, 0.1) is 12.7 Å². The Kier molecular flexibility index (Phi) is 8.96. The number of nitrogens with one attached hydrogen (secondary N) is 2. The number of nitrogens with zero attached hydrogens (tertiary/aromatic N) is 1. The van der Waals surface area contributed by atoms with Gasteiger partial charge in [-0.05, 0) is 30.7 Å². The van der Waals surface area contributed by atoms with Crippen molar-refractivity contribution in [2.45, 2.75) is 25.8 Å². The van der Waals surface area contributed by atoms with Crippen LogP contribution in [0.4, 0.5) is 24.7 Å². The van der Waals surface area contributed by atoms with E-state index in [0.717, 1.165) is 5.56 Å². The van der Waals surface area contributed by atoms with Crippen molar-refractivity contribution in [2.75, 3.05) is 17.6 Å². The van der Waals surface area contributed by atoms with E-state index >= 15 is 0 Å². The van der Waals surface area contributed by atoms with Crippen molar-refractivity contribution >= 4 is 41.4 Å². The number of carbonyl (C=O) groups excluding carboxylic acids is 1. The van der Waals surface area contributed by atoms with Crippen LogP contribution in [0.1, 0.15) is 22.4 Å². The van der Waals surface area contributed by atoms with Crippen molar-refractivity contribution < 1.29 is 18.0 Å². The number of nitrogens with two attached hydrogens (primary N) is 1. The molecule has 0 unspecified atom stereocenters. The fourth-order valence-corrected chi connectivity index (χ4v) is 3.31. The summed E-state index contributed by atoms with van der Waals surface area (Å²) < 4.78 is 43.7. The van der Waals surface area contributed by atoms with Gasteiger partial charge in [0, 0.05) is 28.4 Å². The molecular formula is C23H23Cl2F3N4O. The molecule has 1 amide bonds. The van der Waals surface area contributed by atoms with E-state index < -0.39 is 24.2 Å². The van der Waals surface area contributed by atoms with Crippen molar-refractivity contribution in [3.63, 3.8) is 0 Å². The first-order valence-corrected chi connectivity index (χ1v) is 10.2. The molecule has 10 heteroatoms. The Hall–Kier alpha value is -2.97. The van der Waals surface area contributed by atoms with Gasteiger partial charge in [-0.15, -0.1) is 12.4 Å². The van der Waals surface area contributed by atoms with Crippen LogP contribution in [0.2, 0.25) is 5.02 Å². The Morgan fingerprint density at radius 1 is 1.12 bits per heavy atom. The predicted molar refractivity (Wildman–Crippen MR) is 126 cm³/mol. The average Bonchev–Trinajstić information content (AvgIpc) is 2.76. The van der Waals surface area contributed by atoms with Gasteiger partial charge in [0.1, 0.15) is 5.82 Å². The summed E-state index contributed by atoms with van der Waals surface area (Å²) in [5.41, 5.74) is 6.61. The Balaban J connectivity index is 0.00000385. The van der Waals surface area contributed by atoms with Gasteiger partial charge in [-0.3, -0.25) is 4.79 Å². The second kappa shape index (κ2) is 11.2. The lowest BCUT2D eigenvalue weighted by molar-refractivity contribution is -0.120. The molecule has 0 atom stereocenters. The van der Waals surface area contributed by atoms with Crippen LogP contribution >= 0.6 is 24.0 Å². The summed E-state index contributed by atoms with van der Waals surface area (Å²) in [6.45, 7) is 1.12. The Bertz CT molecular complexity index is 1110. The van der Waals surface area contributed by atoms with Gasteiger partial charge in [-0.2, -0.15) is 8.78 Å². The maximum Gasteiger partial charge on any atom is 0.290 e. The third-order valence-electron chi connectivity index (χ3n) is 4.91. The molecular weight excluding hydrogens is 476 g/mol. The molecule has 0 spiro atoms. The highest BCUT2D eigenvalue weighted by Gasteiger charge is 2.31. The summed E-state index contributed by atoms with van der Waals surface area (Å²) in [6, 6.07) is 13.2. The van der Waals surface area contributed by atoms with Crippen molar-refractivity contribution in [3.8, 4) is 0 Å². The highest BCUT2D eigenvalue weighted by Crippen LogP contribution is 2.31. The second-order valence-electron chi connectivity index (χ2n) is 7.25. The number of aromatic nitrogens is 1. The van der Waals surface area contributed by atoms with E-state index in [2.05, 4.69) is 15.6 Å². The zero-order valence-electron chi connectivity index (χ0n) is 17.7. The van der Waals surface area contributed by atoms with Crippen molar-refractivity contribution in [1.29, 1.82) is 0 Å². The fraction of sp³-hybridized carbons (Fsp3) is 0.217. The summed E-state index contributed by atoms with van der Waals surface area (Å²) in [5, 5.41) is 5.13. The maximum atomic E-state index is 14.9. The topological polar surface area (TPSA) is 80.0 Å². The largest absolute Gasteiger partial charge is 0.384 e. The number of benzene rings is 2. The standard InChI is InChI=1S/C23H22ClF3N4O.ClH/c1-14-15(7-10-20(28)31-14)12-29-21(32)11-17-18(24)8-9-19(22(17)25)30-13-23(26,27)16-5-3-2-4-6-16;/h2-10,30H,11-13H2,1H3,(H2,28,31)(H,29,32);1H. The number of rotatable bonds is 8. The molecule has 33 heavy (non-hydrogen) atoms. The van der Waals surface area contributed by atoms with Crippen molar-refractivity contribution in [2.24, 2.45) is 0 Å². The van der Waals surface area contributed by atoms with Gasteiger partial charge < -0.3 is 16.4 Å². The van der Waals surface area contributed by atoms with Gasteiger partial charge in [0.15, 0.2) is 5.82 Å². The average molecular weight is 499 g/mol. The van der Waals surface area contributed by atoms with Gasteiger partial charge >= 0.3 is 0 Å². The highest BCUT2D eigenvalue weighted by molar-refractivity contribution is 6.31. The number of amides is 1. The smallest absolute Gasteiger partial charge is 0.290 e. The van der Waals surface area contributed by atoms with Gasteiger partial charge in [-0.25, -0.2) is 9.37 Å². The van der Waals surface area contributed by atoms with Crippen LogP contribution in [0.15, 0.2) is 54.6 Å². The van der Waals surface area contributed by atoms with E-state index in [-0.39, 0.29) is 47.2 Å². The SMILES string of the molecule is Cc1nc(N)ccc1CNC(=O)Cc1c(Cl)ccc(NCC(F)(F)c2ccccc2)c1F.Cl. The predicted octanol–water partition coefficient (Wildman–Crippen LogP) is 5.25. The van der Waals surface area contributed by atoms with Crippen LogP contribution in [-0.2, 0) is 23.7 Å². The Morgan fingerprint density at radius 2 is 1.82 bits per heavy atom. The lowest BCUT2D eigenvalue weighted by Crippen LogP contribution is -2.27. The number of hydrogen-bond donors (Lipinski definition) is 3. The number of nitrogen functional groups attached to an aromatic ring is 1. The van der Waals surface area contributed by atoms with Crippen LogP contribution in [0.25, 0.3) is 0 Å². The molecule has 3 aromatic rings. The first kappa shape index (κ1) is 26.3. The molecule has 0 bridgehead atoms. The summed E-state index contributed by atoms with van der Waals surface area (Å²) in [6.07, 6.45) is -0.350. The van der Waals surface area contributed by atoms with E-state index in [0.29, 0.717) is 11.5 Å². The Morgan fingerprint density at radius 3 is 2.48 bits per heavy atom. The monoisotopic (exact) mass is 498 g/mol. The maximum absolute atomic E-state index is 14.9. The summed E-state index contributed by atoms with van der Waals surface area (Å²) >= 11 is 6.07. The summed E-state index contributed by atoms with van der Waals surface area (Å²) in [4.78, 5) is 16.5. The molecule has 176 valence electrons. The van der Waals surface area contributed by atoms with Gasteiger partial charge in [-0.1, -0.05) is 48.0 Å². The van der Waals surface area contributed by atoms with Crippen LogP contribution < -0.4 is 16.4 Å². The number of anilines is 2. The minimum atomic E-state index is -3.21. The quantitative estimate of drug-likeness (QED) is 0.396. The number of halogens is 5. The molecule has 0 aliphatic rings. The van der Waals surface area contributed by atoms with E-state index in [1.54, 1.807) is 25.1 Å². The number of aryl methyl sites for hydroxylation is 1. The number of carbonyl (C=O) groups is 1. The highest BCUT2D eigenvalue weighted by atomic mass is 35.5. The van der Waals surface area contributed by atoms with Gasteiger partial charge in [0.05, 0.1) is 18.7 Å². The normalized spacial score (nSPS) is 10.9. The zero-order chi connectivity index (χ0) is 23.3. The summed E-state index contributed by atoms with van der Waals surface area (Å²) in [5.74, 6) is -4.17. The number of hydrogen-bond acceptors (Lipinski definition) is 4. The lowest BCUT2D eigenvalue weighted by atomic mass is 10.1. The number of pyridine rings is 1. The van der Waals surface area contributed by atoms with Gasteiger partial charge in [0.25, 0.3) is 5.92 Å². The van der Waals surface area contributed by atoms with Crippen LogP contribution in [-0.4, -0.2) is 17.4 Å². The molecule has 0 aliphatic heterocycles. The molecule has 0 saturated heterocycles. The molecule has 3 rings (SSSR count).